The second-order valence-corrected chi connectivity index (χ2v) is 5.89. The number of hydrogen-bond acceptors (Lipinski definition) is 3. The molecule has 2 N–H and O–H groups in total. The van der Waals surface area contributed by atoms with Crippen LogP contribution in [0.4, 0.5) is 0 Å². The van der Waals surface area contributed by atoms with Crippen LogP contribution in [0.3, 0.4) is 0 Å². The zero-order valence-corrected chi connectivity index (χ0v) is 12.5. The maximum atomic E-state index is 6.33. The quantitative estimate of drug-likeness (QED) is 0.935. The Kier molecular flexibility index (Phi) is 4.32. The molecule has 1 aromatic carbocycles. The van der Waals surface area contributed by atoms with Gasteiger partial charge in [-0.25, -0.2) is 0 Å². The van der Waals surface area contributed by atoms with E-state index in [1.165, 1.54) is 24.0 Å². The van der Waals surface area contributed by atoms with E-state index in [0.29, 0.717) is 6.04 Å². The van der Waals surface area contributed by atoms with Crippen LogP contribution in [-0.2, 0) is 0 Å². The van der Waals surface area contributed by atoms with Gasteiger partial charge in [-0.3, -0.25) is 9.88 Å². The number of nitrogens with zero attached hydrogens (tertiary/aromatic N) is 2. The number of nitrogens with two attached hydrogens (primary N) is 1. The fourth-order valence-corrected chi connectivity index (χ4v) is 3.51. The van der Waals surface area contributed by atoms with E-state index in [2.05, 4.69) is 59.3 Å². The highest BCUT2D eigenvalue weighted by molar-refractivity contribution is 5.23. The first-order chi connectivity index (χ1) is 10.3. The highest BCUT2D eigenvalue weighted by atomic mass is 15.2. The maximum absolute atomic E-state index is 6.33. The van der Waals surface area contributed by atoms with E-state index in [9.17, 15) is 0 Å². The summed E-state index contributed by atoms with van der Waals surface area (Å²) in [7, 11) is 0. The first-order valence-electron chi connectivity index (χ1n) is 7.73. The molecule has 0 spiro atoms. The third-order valence-electron chi connectivity index (χ3n) is 4.38. The molecule has 0 bridgehead atoms. The standard InChI is InChI=1S/C18H23N3/c1-14(19)18(16-9-11-20-12-10-16)21-13-5-8-17(21)15-6-3-2-4-7-15/h2-4,6-7,9-12,14,17-18H,5,8,13,19H2,1H3. The van der Waals surface area contributed by atoms with Crippen LogP contribution in [0.15, 0.2) is 54.9 Å². The third kappa shape index (κ3) is 2.99. The molecule has 0 amide bonds. The molecule has 0 aliphatic carbocycles. The summed E-state index contributed by atoms with van der Waals surface area (Å²) in [5, 5.41) is 0. The molecule has 1 saturated heterocycles. The van der Waals surface area contributed by atoms with Crippen molar-refractivity contribution < 1.29 is 0 Å². The molecule has 3 atom stereocenters. The van der Waals surface area contributed by atoms with E-state index in [-0.39, 0.29) is 12.1 Å². The van der Waals surface area contributed by atoms with Gasteiger partial charge in [0.15, 0.2) is 0 Å². The van der Waals surface area contributed by atoms with Crippen molar-refractivity contribution >= 4 is 0 Å². The maximum Gasteiger partial charge on any atom is 0.0503 e. The monoisotopic (exact) mass is 281 g/mol. The highest BCUT2D eigenvalue weighted by Crippen LogP contribution is 2.39. The number of hydrogen-bond donors (Lipinski definition) is 1. The molecule has 3 rings (SSSR count). The molecule has 3 heteroatoms. The Bertz CT molecular complexity index is 553. The van der Waals surface area contributed by atoms with Crippen LogP contribution >= 0.6 is 0 Å². The molecule has 0 saturated carbocycles. The van der Waals surface area contributed by atoms with Crippen molar-refractivity contribution in [1.82, 2.24) is 9.88 Å². The summed E-state index contributed by atoms with van der Waals surface area (Å²) in [6.45, 7) is 3.21. The smallest absolute Gasteiger partial charge is 0.0503 e. The van der Waals surface area contributed by atoms with E-state index >= 15 is 0 Å². The van der Waals surface area contributed by atoms with Crippen molar-refractivity contribution in [2.45, 2.75) is 37.9 Å². The summed E-state index contributed by atoms with van der Waals surface area (Å²) in [5.74, 6) is 0. The molecule has 1 fully saturated rings. The third-order valence-corrected chi connectivity index (χ3v) is 4.38. The van der Waals surface area contributed by atoms with Crippen molar-refractivity contribution in [2.24, 2.45) is 5.73 Å². The summed E-state index contributed by atoms with van der Waals surface area (Å²) in [4.78, 5) is 6.70. The molecule has 3 nitrogen and oxygen atoms in total. The summed E-state index contributed by atoms with van der Waals surface area (Å²) in [6.07, 6.45) is 6.16. The topological polar surface area (TPSA) is 42.1 Å². The number of likely N-dealkylation sites (tertiary alicyclic amines) is 1. The van der Waals surface area contributed by atoms with Crippen LogP contribution in [-0.4, -0.2) is 22.5 Å². The van der Waals surface area contributed by atoms with Crippen molar-refractivity contribution in [1.29, 1.82) is 0 Å². The number of benzene rings is 1. The Labute approximate surface area is 126 Å². The molecule has 2 aromatic rings. The predicted octanol–water partition coefficient (Wildman–Crippen LogP) is 3.31. The summed E-state index contributed by atoms with van der Waals surface area (Å²) in [6, 6.07) is 15.8. The number of aromatic nitrogens is 1. The molecule has 2 heterocycles. The van der Waals surface area contributed by atoms with Crippen molar-refractivity contribution in [3.63, 3.8) is 0 Å². The molecule has 1 aliphatic heterocycles. The van der Waals surface area contributed by atoms with Gasteiger partial charge in [0, 0.05) is 24.5 Å². The minimum absolute atomic E-state index is 0.0942. The zero-order chi connectivity index (χ0) is 14.7. The van der Waals surface area contributed by atoms with Gasteiger partial charge < -0.3 is 5.73 Å². The molecular weight excluding hydrogens is 258 g/mol. The summed E-state index contributed by atoms with van der Waals surface area (Å²) < 4.78 is 0. The fourth-order valence-electron chi connectivity index (χ4n) is 3.51. The van der Waals surface area contributed by atoms with Gasteiger partial charge in [0.1, 0.15) is 0 Å². The van der Waals surface area contributed by atoms with Gasteiger partial charge >= 0.3 is 0 Å². The van der Waals surface area contributed by atoms with Gasteiger partial charge in [0.2, 0.25) is 0 Å². The molecule has 1 aromatic heterocycles. The van der Waals surface area contributed by atoms with Crippen molar-refractivity contribution in [3.8, 4) is 0 Å². The average molecular weight is 281 g/mol. The van der Waals surface area contributed by atoms with Crippen LogP contribution in [0.5, 0.6) is 0 Å². The second kappa shape index (κ2) is 6.37. The largest absolute Gasteiger partial charge is 0.326 e. The van der Waals surface area contributed by atoms with Crippen molar-refractivity contribution in [2.75, 3.05) is 6.54 Å². The SMILES string of the molecule is CC(N)C(c1ccncc1)N1CCCC1c1ccccc1. The van der Waals surface area contributed by atoms with Gasteiger partial charge in [-0.1, -0.05) is 30.3 Å². The van der Waals surface area contributed by atoms with Crippen LogP contribution < -0.4 is 5.73 Å². The number of pyridine rings is 1. The predicted molar refractivity (Wildman–Crippen MR) is 85.8 cm³/mol. The Balaban J connectivity index is 1.92. The van der Waals surface area contributed by atoms with E-state index < -0.39 is 0 Å². The lowest BCUT2D eigenvalue weighted by Gasteiger charge is -2.36. The van der Waals surface area contributed by atoms with Gasteiger partial charge in [0.05, 0.1) is 6.04 Å². The highest BCUT2D eigenvalue weighted by Gasteiger charge is 2.34. The van der Waals surface area contributed by atoms with Gasteiger partial charge in [-0.15, -0.1) is 0 Å². The Morgan fingerprint density at radius 2 is 1.86 bits per heavy atom. The molecular formula is C18H23N3. The Morgan fingerprint density at radius 1 is 1.14 bits per heavy atom. The van der Waals surface area contributed by atoms with Gasteiger partial charge in [0.25, 0.3) is 0 Å². The normalized spacial score (nSPS) is 22.1. The first-order valence-corrected chi connectivity index (χ1v) is 7.73. The molecule has 0 radical (unpaired) electrons. The van der Waals surface area contributed by atoms with Gasteiger partial charge in [-0.2, -0.15) is 0 Å². The van der Waals surface area contributed by atoms with Crippen LogP contribution in [0.25, 0.3) is 0 Å². The fraction of sp³-hybridized carbons (Fsp3) is 0.389. The Morgan fingerprint density at radius 3 is 2.52 bits per heavy atom. The Hall–Kier alpha value is -1.71. The summed E-state index contributed by atoms with van der Waals surface area (Å²) >= 11 is 0. The van der Waals surface area contributed by atoms with Crippen LogP contribution in [0.1, 0.15) is 43.0 Å². The molecule has 3 unspecified atom stereocenters. The second-order valence-electron chi connectivity index (χ2n) is 5.89. The molecule has 110 valence electrons. The lowest BCUT2D eigenvalue weighted by atomic mass is 9.97. The molecule has 21 heavy (non-hydrogen) atoms. The first kappa shape index (κ1) is 14.2. The summed E-state index contributed by atoms with van der Waals surface area (Å²) in [5.41, 5.74) is 8.99. The average Bonchev–Trinajstić information content (AvgIpc) is 2.98. The van der Waals surface area contributed by atoms with E-state index in [1.54, 1.807) is 0 Å². The molecule has 1 aliphatic rings. The van der Waals surface area contributed by atoms with Crippen LogP contribution in [0.2, 0.25) is 0 Å². The minimum Gasteiger partial charge on any atom is -0.326 e. The minimum atomic E-state index is 0.0942. The van der Waals surface area contributed by atoms with Crippen molar-refractivity contribution in [3.05, 3.63) is 66.0 Å². The zero-order valence-electron chi connectivity index (χ0n) is 12.5. The van der Waals surface area contributed by atoms with E-state index in [4.69, 9.17) is 5.73 Å². The lowest BCUT2D eigenvalue weighted by molar-refractivity contribution is 0.161. The van der Waals surface area contributed by atoms with E-state index in [1.807, 2.05) is 12.4 Å². The van der Waals surface area contributed by atoms with Crippen LogP contribution in [0, 0.1) is 0 Å². The number of rotatable bonds is 4. The van der Waals surface area contributed by atoms with Gasteiger partial charge in [-0.05, 0) is 49.6 Å². The van der Waals surface area contributed by atoms with E-state index in [0.717, 1.165) is 6.54 Å². The lowest BCUT2D eigenvalue weighted by Crippen LogP contribution is -2.39.